The van der Waals surface area contributed by atoms with Gasteiger partial charge >= 0.3 is 0 Å². The van der Waals surface area contributed by atoms with Crippen LogP contribution >= 0.6 is 15.9 Å². The van der Waals surface area contributed by atoms with Crippen molar-refractivity contribution < 1.29 is 4.74 Å². The van der Waals surface area contributed by atoms with Crippen LogP contribution in [0.4, 0.5) is 0 Å². The number of likely N-dealkylation sites (tertiary alicyclic amines) is 1. The molecule has 1 aromatic carbocycles. The lowest BCUT2D eigenvalue weighted by molar-refractivity contribution is 0.0121. The highest BCUT2D eigenvalue weighted by molar-refractivity contribution is 9.10. The van der Waals surface area contributed by atoms with Crippen LogP contribution in [-0.2, 0) is 6.54 Å². The Bertz CT molecular complexity index is 781. The first-order valence-electron chi connectivity index (χ1n) is 7.33. The van der Waals surface area contributed by atoms with Crippen LogP contribution in [0.3, 0.4) is 0 Å². The summed E-state index contributed by atoms with van der Waals surface area (Å²) in [6, 6.07) is 12.1. The van der Waals surface area contributed by atoms with E-state index >= 15 is 0 Å². The summed E-state index contributed by atoms with van der Waals surface area (Å²) in [7, 11) is 0. The topological polar surface area (TPSA) is 41.1 Å². The number of rotatable bonds is 4. The third-order valence-electron chi connectivity index (χ3n) is 3.97. The Morgan fingerprint density at radius 2 is 2.18 bits per heavy atom. The fourth-order valence-corrected chi connectivity index (χ4v) is 3.21. The van der Waals surface area contributed by atoms with Gasteiger partial charge in [0, 0.05) is 53.5 Å². The Morgan fingerprint density at radius 3 is 3.00 bits per heavy atom. The summed E-state index contributed by atoms with van der Waals surface area (Å²) in [6.07, 6.45) is 4.11. The molecule has 2 aromatic heterocycles. The summed E-state index contributed by atoms with van der Waals surface area (Å²) in [4.78, 5) is 9.92. The number of pyridine rings is 1. The van der Waals surface area contributed by atoms with Crippen LogP contribution in [0.25, 0.3) is 10.9 Å². The van der Waals surface area contributed by atoms with Crippen LogP contribution in [0.15, 0.2) is 53.3 Å². The van der Waals surface area contributed by atoms with Gasteiger partial charge in [-0.3, -0.25) is 4.90 Å². The summed E-state index contributed by atoms with van der Waals surface area (Å²) >= 11 is 3.50. The fraction of sp³-hybridized carbons (Fsp3) is 0.235. The standard InChI is InChI=1S/C17H16BrN3O/c18-13-4-5-15-12(8-20-16(15)7-13)9-21-10-14(11-21)22-17-3-1-2-6-19-17/h1-8,14,20H,9-11H2. The Labute approximate surface area is 137 Å². The van der Waals surface area contributed by atoms with Crippen molar-refractivity contribution in [1.82, 2.24) is 14.9 Å². The van der Waals surface area contributed by atoms with Gasteiger partial charge in [0.15, 0.2) is 0 Å². The van der Waals surface area contributed by atoms with Gasteiger partial charge in [-0.25, -0.2) is 4.98 Å². The Kier molecular flexibility index (Phi) is 3.60. The molecular weight excluding hydrogens is 342 g/mol. The van der Waals surface area contributed by atoms with Crippen molar-refractivity contribution in [2.45, 2.75) is 12.6 Å². The van der Waals surface area contributed by atoms with Crippen LogP contribution in [0.2, 0.25) is 0 Å². The minimum atomic E-state index is 0.245. The van der Waals surface area contributed by atoms with Gasteiger partial charge in [0.1, 0.15) is 6.10 Å². The first kappa shape index (κ1) is 13.8. The second-order valence-corrected chi connectivity index (χ2v) is 6.52. The lowest BCUT2D eigenvalue weighted by Crippen LogP contribution is -2.53. The number of fused-ring (bicyclic) bond motifs is 1. The molecule has 5 heteroatoms. The molecule has 0 spiro atoms. The van der Waals surface area contributed by atoms with Crippen LogP contribution < -0.4 is 4.74 Å². The molecule has 0 unspecified atom stereocenters. The molecular formula is C17H16BrN3O. The maximum Gasteiger partial charge on any atom is 0.213 e. The minimum absolute atomic E-state index is 0.245. The maximum absolute atomic E-state index is 5.84. The highest BCUT2D eigenvalue weighted by atomic mass is 79.9. The average molecular weight is 358 g/mol. The van der Waals surface area contributed by atoms with Crippen molar-refractivity contribution in [2.24, 2.45) is 0 Å². The monoisotopic (exact) mass is 357 g/mol. The zero-order chi connectivity index (χ0) is 14.9. The van der Waals surface area contributed by atoms with Crippen molar-refractivity contribution in [3.05, 3.63) is 58.8 Å². The SMILES string of the molecule is Brc1ccc2c(CN3CC(Oc4ccccn4)C3)c[nH]c2c1. The molecule has 112 valence electrons. The molecule has 0 amide bonds. The largest absolute Gasteiger partial charge is 0.472 e. The summed E-state index contributed by atoms with van der Waals surface area (Å²) in [5.74, 6) is 0.712. The van der Waals surface area contributed by atoms with Crippen LogP contribution in [0.1, 0.15) is 5.56 Å². The number of hydrogen-bond acceptors (Lipinski definition) is 3. The molecule has 1 fully saturated rings. The molecule has 0 radical (unpaired) electrons. The van der Waals surface area contributed by atoms with Gasteiger partial charge in [-0.1, -0.05) is 28.1 Å². The van der Waals surface area contributed by atoms with Crippen molar-refractivity contribution in [1.29, 1.82) is 0 Å². The summed E-state index contributed by atoms with van der Waals surface area (Å²) in [5.41, 5.74) is 2.50. The molecule has 1 N–H and O–H groups in total. The van der Waals surface area contributed by atoms with E-state index in [4.69, 9.17) is 4.74 Å². The minimum Gasteiger partial charge on any atom is -0.472 e. The van der Waals surface area contributed by atoms with E-state index < -0.39 is 0 Å². The van der Waals surface area contributed by atoms with Gasteiger partial charge in [-0.2, -0.15) is 0 Å². The van der Waals surface area contributed by atoms with E-state index in [-0.39, 0.29) is 6.10 Å². The van der Waals surface area contributed by atoms with E-state index in [1.54, 1.807) is 6.20 Å². The average Bonchev–Trinajstić information content (AvgIpc) is 2.88. The Morgan fingerprint density at radius 1 is 1.27 bits per heavy atom. The second-order valence-electron chi connectivity index (χ2n) is 5.61. The van der Waals surface area contributed by atoms with E-state index in [0.717, 1.165) is 24.1 Å². The quantitative estimate of drug-likeness (QED) is 0.775. The second kappa shape index (κ2) is 5.74. The Balaban J connectivity index is 1.37. The number of ether oxygens (including phenoxy) is 1. The number of nitrogens with zero attached hydrogens (tertiary/aromatic N) is 2. The number of aromatic amines is 1. The summed E-state index contributed by atoms with van der Waals surface area (Å²) < 4.78 is 6.93. The molecule has 4 rings (SSSR count). The van der Waals surface area contributed by atoms with Gasteiger partial charge in [-0.15, -0.1) is 0 Å². The van der Waals surface area contributed by atoms with E-state index in [9.17, 15) is 0 Å². The normalized spacial score (nSPS) is 15.9. The van der Waals surface area contributed by atoms with E-state index in [0.29, 0.717) is 5.88 Å². The molecule has 3 heterocycles. The molecule has 0 saturated carbocycles. The number of benzene rings is 1. The zero-order valence-corrected chi connectivity index (χ0v) is 13.6. The number of nitrogens with one attached hydrogen (secondary N) is 1. The van der Waals surface area contributed by atoms with Crippen molar-refractivity contribution in [3.8, 4) is 5.88 Å². The molecule has 3 aromatic rings. The molecule has 1 aliphatic heterocycles. The zero-order valence-electron chi connectivity index (χ0n) is 12.0. The van der Waals surface area contributed by atoms with Gasteiger partial charge < -0.3 is 9.72 Å². The first-order chi connectivity index (χ1) is 10.8. The lowest BCUT2D eigenvalue weighted by atomic mass is 10.1. The molecule has 0 atom stereocenters. The third kappa shape index (κ3) is 2.74. The number of H-pyrrole nitrogens is 1. The summed E-state index contributed by atoms with van der Waals surface area (Å²) in [6.45, 7) is 2.84. The fourth-order valence-electron chi connectivity index (χ4n) is 2.84. The van der Waals surface area contributed by atoms with E-state index in [2.05, 4.69) is 55.2 Å². The van der Waals surface area contributed by atoms with E-state index in [1.165, 1.54) is 16.5 Å². The van der Waals surface area contributed by atoms with E-state index in [1.807, 2.05) is 18.2 Å². The molecule has 0 bridgehead atoms. The predicted molar refractivity (Wildman–Crippen MR) is 89.9 cm³/mol. The van der Waals surface area contributed by atoms with Crippen molar-refractivity contribution in [2.75, 3.05) is 13.1 Å². The maximum atomic E-state index is 5.84. The van der Waals surface area contributed by atoms with Gasteiger partial charge in [0.2, 0.25) is 5.88 Å². The number of aromatic nitrogens is 2. The smallest absolute Gasteiger partial charge is 0.213 e. The number of hydrogen-bond donors (Lipinski definition) is 1. The van der Waals surface area contributed by atoms with Crippen LogP contribution in [0.5, 0.6) is 5.88 Å². The van der Waals surface area contributed by atoms with Gasteiger partial charge in [-0.05, 0) is 23.8 Å². The number of halogens is 1. The highest BCUT2D eigenvalue weighted by Gasteiger charge is 2.29. The highest BCUT2D eigenvalue weighted by Crippen LogP contribution is 2.25. The van der Waals surface area contributed by atoms with Crippen molar-refractivity contribution >= 4 is 26.8 Å². The molecule has 22 heavy (non-hydrogen) atoms. The van der Waals surface area contributed by atoms with Crippen molar-refractivity contribution in [3.63, 3.8) is 0 Å². The Hall–Kier alpha value is -1.85. The van der Waals surface area contributed by atoms with Gasteiger partial charge in [0.25, 0.3) is 0 Å². The van der Waals surface area contributed by atoms with Gasteiger partial charge in [0.05, 0.1) is 0 Å². The molecule has 1 aliphatic rings. The summed E-state index contributed by atoms with van der Waals surface area (Å²) in [5, 5.41) is 1.29. The predicted octanol–water partition coefficient (Wildman–Crippen LogP) is 3.59. The first-order valence-corrected chi connectivity index (χ1v) is 8.13. The lowest BCUT2D eigenvalue weighted by Gasteiger charge is -2.38. The van der Waals surface area contributed by atoms with Crippen LogP contribution in [0, 0.1) is 0 Å². The molecule has 1 saturated heterocycles. The molecule has 0 aliphatic carbocycles. The molecule has 4 nitrogen and oxygen atoms in total. The third-order valence-corrected chi connectivity index (χ3v) is 4.47. The van der Waals surface area contributed by atoms with Crippen LogP contribution in [-0.4, -0.2) is 34.1 Å².